The van der Waals surface area contributed by atoms with Crippen LogP contribution in [0.25, 0.3) is 11.1 Å². The molecule has 11 rings (SSSR count). The summed E-state index contributed by atoms with van der Waals surface area (Å²) in [5.41, 5.74) is 10.6. The van der Waals surface area contributed by atoms with E-state index in [0.717, 1.165) is 76.7 Å². The van der Waals surface area contributed by atoms with Gasteiger partial charge in [0.15, 0.2) is 17.3 Å². The van der Waals surface area contributed by atoms with Crippen LogP contribution < -0.4 is 19.9 Å². The minimum absolute atomic E-state index is 0.0105. The van der Waals surface area contributed by atoms with Gasteiger partial charge in [-0.1, -0.05) is 141 Å². The summed E-state index contributed by atoms with van der Waals surface area (Å²) in [5, 5.41) is 6.00. The monoisotopic (exact) mass is 1050 g/mol. The van der Waals surface area contributed by atoms with Gasteiger partial charge < -0.3 is 18.4 Å². The van der Waals surface area contributed by atoms with Gasteiger partial charge in [0, 0.05) is 59.7 Å². The van der Waals surface area contributed by atoms with Crippen LogP contribution in [0, 0.1) is 45.6 Å². The molecule has 1 amide bonds. The van der Waals surface area contributed by atoms with Gasteiger partial charge in [0.05, 0.1) is 24.4 Å². The van der Waals surface area contributed by atoms with E-state index in [1.165, 1.54) is 68.4 Å². The van der Waals surface area contributed by atoms with E-state index in [2.05, 4.69) is 118 Å². The van der Waals surface area contributed by atoms with Crippen molar-refractivity contribution < 1.29 is 36.4 Å². The summed E-state index contributed by atoms with van der Waals surface area (Å²) in [4.78, 5) is 15.8. The number of anilines is 1. The first-order valence-corrected chi connectivity index (χ1v) is 27.9. The van der Waals surface area contributed by atoms with Crippen LogP contribution in [0.15, 0.2) is 76.0 Å². The lowest BCUT2D eigenvalue weighted by molar-refractivity contribution is -0.173. The quantitative estimate of drug-likeness (QED) is 0.191. The predicted molar refractivity (Wildman–Crippen MR) is 298 cm³/mol. The fourth-order valence-electron chi connectivity index (χ4n) is 11.5. The number of carbonyl (C=O) groups excluding carboxylic acids is 1. The Kier molecular flexibility index (Phi) is 16.5. The number of amides is 1. The molecule has 7 atom stereocenters. The summed E-state index contributed by atoms with van der Waals surface area (Å²) >= 11 is 0. The van der Waals surface area contributed by atoms with Crippen LogP contribution in [0.3, 0.4) is 0 Å². The molecule has 5 heterocycles. The second kappa shape index (κ2) is 21.5. The number of aryl methyl sites for hydroxylation is 1. The lowest BCUT2D eigenvalue weighted by Gasteiger charge is -2.33. The van der Waals surface area contributed by atoms with Crippen LogP contribution in [-0.2, 0) is 33.9 Å². The summed E-state index contributed by atoms with van der Waals surface area (Å²) in [6.45, 7) is 38.1. The molecule has 3 saturated carbocycles. The Labute approximate surface area is 452 Å². The Morgan fingerprint density at radius 2 is 1.42 bits per heavy atom. The zero-order valence-corrected chi connectivity index (χ0v) is 49.1. The standard InChI is InChI=1S/C18H21FO.C13H19N3O.C12H14F2O2.C11H17NO.C10H18/c1-18(2,3)13-6-9-17-15(10-13)16(11-20-17)12-4-7-14(19)8-5-12;1-9-8-11(17)15-16(9)12-10(13(2,3)4)6-5-7-14-12;1-11(2,3)7-5-9-10(6-8(7)13)16-12(4,14)15-9;1-7-5-8(7)9-6-10(13-12-9)11(2,3)4;1-9(2,3)10-6-4-5-8(10)7-10/h4-5,7-8,11,13H,6,9-10H2,1-3H3;5-7,9H,8H2,1-4H3,(H,15,17);5-6H,1-4H3;6-8H,5H2,1-4H3;8H,4-7H2,1-3H3. The van der Waals surface area contributed by atoms with Crippen molar-refractivity contribution in [2.45, 2.75) is 217 Å². The van der Waals surface area contributed by atoms with Crippen molar-refractivity contribution >= 4 is 11.7 Å². The van der Waals surface area contributed by atoms with Crippen molar-refractivity contribution in [3.8, 4) is 22.6 Å². The lowest BCUT2D eigenvalue weighted by Crippen LogP contribution is -2.39. The van der Waals surface area contributed by atoms with E-state index in [0.29, 0.717) is 34.7 Å². The minimum Gasteiger partial charge on any atom is -0.468 e. The van der Waals surface area contributed by atoms with Crippen molar-refractivity contribution in [3.05, 3.63) is 113 Å². The van der Waals surface area contributed by atoms with Crippen molar-refractivity contribution in [2.24, 2.45) is 34.0 Å². The SMILES string of the molecule is CC(C)(C)C12CCCC1C2.CC(C)(C)C1CCc2occ(-c3ccc(F)cc3)c2C1.CC1(F)Oc2cc(F)c(C(C)(C)C)cc2O1.CC1CC(=O)NN1c1ncccc1C(C)(C)C.CC1CC1c1cc(C(C)(C)C)on1. The maximum atomic E-state index is 13.7. The molecule has 76 heavy (non-hydrogen) atoms. The summed E-state index contributed by atoms with van der Waals surface area (Å²) in [5.74, 6) is 6.04. The Morgan fingerprint density at radius 3 is 1.91 bits per heavy atom. The number of carbonyl (C=O) groups is 1. The third kappa shape index (κ3) is 13.7. The normalized spacial score (nSPS) is 25.2. The van der Waals surface area contributed by atoms with E-state index in [4.69, 9.17) is 18.4 Å². The molecule has 5 aromatic rings. The second-order valence-corrected chi connectivity index (χ2v) is 27.9. The van der Waals surface area contributed by atoms with Crippen LogP contribution >= 0.6 is 0 Å². The number of fused-ring (bicyclic) bond motifs is 3. The van der Waals surface area contributed by atoms with Gasteiger partial charge in [0.1, 0.15) is 23.2 Å². The van der Waals surface area contributed by atoms with Crippen molar-refractivity contribution in [1.29, 1.82) is 0 Å². The molecule has 4 aliphatic carbocycles. The van der Waals surface area contributed by atoms with Gasteiger partial charge in [-0.3, -0.25) is 15.2 Å². The molecular formula is C64H89F3N4O5. The molecule has 12 heteroatoms. The second-order valence-electron chi connectivity index (χ2n) is 27.9. The number of hydrazine groups is 1. The zero-order chi connectivity index (χ0) is 56.1. The van der Waals surface area contributed by atoms with E-state index < -0.39 is 11.9 Å². The molecule has 0 bridgehead atoms. The van der Waals surface area contributed by atoms with E-state index in [1.807, 2.05) is 57.2 Å². The molecule has 3 aromatic heterocycles. The first-order valence-electron chi connectivity index (χ1n) is 27.9. The number of halogens is 3. The minimum atomic E-state index is -2.20. The topological polar surface area (TPSA) is 103 Å². The van der Waals surface area contributed by atoms with Gasteiger partial charge in [-0.05, 0) is 126 Å². The highest BCUT2D eigenvalue weighted by Gasteiger charge is 2.62. The van der Waals surface area contributed by atoms with Gasteiger partial charge >= 0.3 is 6.04 Å². The number of aromatic nitrogens is 2. The number of furan rings is 1. The number of rotatable bonds is 3. The van der Waals surface area contributed by atoms with Crippen LogP contribution in [0.2, 0.25) is 0 Å². The number of benzene rings is 2. The highest BCUT2D eigenvalue weighted by Crippen LogP contribution is 2.71. The number of nitrogens with one attached hydrogen (secondary N) is 1. The van der Waals surface area contributed by atoms with Crippen LogP contribution in [0.5, 0.6) is 11.5 Å². The molecule has 9 nitrogen and oxygen atoms in total. The number of hydrogen-bond donors (Lipinski definition) is 1. The number of ether oxygens (including phenoxy) is 2. The van der Waals surface area contributed by atoms with Gasteiger partial charge in [-0.15, -0.1) is 0 Å². The summed E-state index contributed by atoms with van der Waals surface area (Å²) in [6, 6.07) is 13.4. The number of alkyl halides is 1. The first kappa shape index (κ1) is 58.4. The largest absolute Gasteiger partial charge is 0.468 e. The Morgan fingerprint density at radius 1 is 0.789 bits per heavy atom. The molecule has 1 N–H and O–H groups in total. The van der Waals surface area contributed by atoms with E-state index >= 15 is 0 Å². The molecule has 6 aliphatic rings. The third-order valence-electron chi connectivity index (χ3n) is 16.6. The number of hydrogen-bond acceptors (Lipinski definition) is 8. The molecule has 0 spiro atoms. The van der Waals surface area contributed by atoms with Crippen LogP contribution in [0.1, 0.15) is 209 Å². The van der Waals surface area contributed by atoms with Gasteiger partial charge in [-0.25, -0.2) is 13.8 Å². The lowest BCUT2D eigenvalue weighted by atomic mass is 9.71. The molecule has 2 aliphatic heterocycles. The molecule has 1 saturated heterocycles. The van der Waals surface area contributed by atoms with Gasteiger partial charge in [0.2, 0.25) is 5.91 Å². The Balaban J connectivity index is 0.000000140. The van der Waals surface area contributed by atoms with Crippen LogP contribution in [-0.4, -0.2) is 28.1 Å². The van der Waals surface area contributed by atoms with E-state index in [1.54, 1.807) is 6.20 Å². The molecular weight excluding hydrogens is 962 g/mol. The Hall–Kier alpha value is -5.26. The van der Waals surface area contributed by atoms with Gasteiger partial charge in [0.25, 0.3) is 0 Å². The first-order chi connectivity index (χ1) is 35.1. The zero-order valence-electron chi connectivity index (χ0n) is 49.1. The summed E-state index contributed by atoms with van der Waals surface area (Å²) < 4.78 is 61.0. The maximum Gasteiger partial charge on any atom is 0.404 e. The molecule has 4 fully saturated rings. The van der Waals surface area contributed by atoms with Crippen molar-refractivity contribution in [1.82, 2.24) is 15.6 Å². The van der Waals surface area contributed by atoms with E-state index in [-0.39, 0.29) is 45.5 Å². The molecule has 7 unspecified atom stereocenters. The van der Waals surface area contributed by atoms with Crippen LogP contribution in [0.4, 0.5) is 19.0 Å². The average Bonchev–Trinajstić information content (AvgIpc) is 3.74. The molecule has 416 valence electrons. The third-order valence-corrected chi connectivity index (χ3v) is 16.6. The fourth-order valence-corrected chi connectivity index (χ4v) is 11.5. The molecule has 0 radical (unpaired) electrons. The van der Waals surface area contributed by atoms with Crippen molar-refractivity contribution in [3.63, 3.8) is 0 Å². The summed E-state index contributed by atoms with van der Waals surface area (Å²) in [6.07, 6.45) is 14.7. The van der Waals surface area contributed by atoms with E-state index in [9.17, 15) is 18.0 Å². The smallest absolute Gasteiger partial charge is 0.404 e. The number of pyridine rings is 1. The molecule has 2 aromatic carbocycles. The summed E-state index contributed by atoms with van der Waals surface area (Å²) in [7, 11) is 0. The number of nitrogens with zero attached hydrogens (tertiary/aromatic N) is 3. The Bertz CT molecular complexity index is 2800. The van der Waals surface area contributed by atoms with Crippen molar-refractivity contribution in [2.75, 3.05) is 5.01 Å². The average molecular weight is 1050 g/mol. The fraction of sp³-hybridized carbons (Fsp3) is 0.609. The maximum absolute atomic E-state index is 13.7. The highest BCUT2D eigenvalue weighted by molar-refractivity contribution is 5.82. The highest BCUT2D eigenvalue weighted by atomic mass is 19.2. The predicted octanol–water partition coefficient (Wildman–Crippen LogP) is 17.1. The van der Waals surface area contributed by atoms with Gasteiger partial charge in [-0.2, -0.15) is 4.39 Å².